The van der Waals surface area contributed by atoms with Crippen molar-refractivity contribution in [1.29, 1.82) is 5.41 Å². The van der Waals surface area contributed by atoms with Crippen molar-refractivity contribution in [3.05, 3.63) is 58.9 Å². The Labute approximate surface area is 128 Å². The molecule has 0 spiro atoms. The molecule has 0 saturated heterocycles. The van der Waals surface area contributed by atoms with Gasteiger partial charge in [0.05, 0.1) is 0 Å². The van der Waals surface area contributed by atoms with Gasteiger partial charge in [-0.2, -0.15) is 0 Å². The number of rotatable bonds is 3. The monoisotopic (exact) mass is 296 g/mol. The van der Waals surface area contributed by atoms with Crippen molar-refractivity contribution >= 4 is 23.4 Å². The third-order valence-corrected chi connectivity index (χ3v) is 3.94. The van der Waals surface area contributed by atoms with Crippen LogP contribution in [0, 0.1) is 11.2 Å². The molecule has 0 bridgehead atoms. The van der Waals surface area contributed by atoms with Gasteiger partial charge in [0.1, 0.15) is 11.6 Å². The maximum atomic E-state index is 13.0. The number of halogens is 1. The number of hydrogen-bond acceptors (Lipinski definition) is 3. The Balaban J connectivity index is 1.96. The van der Waals surface area contributed by atoms with E-state index in [2.05, 4.69) is 5.32 Å². The summed E-state index contributed by atoms with van der Waals surface area (Å²) < 4.78 is 13.0. The van der Waals surface area contributed by atoms with Gasteiger partial charge in [0.2, 0.25) is 0 Å². The van der Waals surface area contributed by atoms with Gasteiger partial charge in [-0.1, -0.05) is 0 Å². The lowest BCUT2D eigenvalue weighted by Crippen LogP contribution is -2.03. The van der Waals surface area contributed by atoms with Crippen LogP contribution in [0.15, 0.2) is 36.4 Å². The summed E-state index contributed by atoms with van der Waals surface area (Å²) in [5, 5.41) is 10.8. The van der Waals surface area contributed by atoms with Gasteiger partial charge in [0.15, 0.2) is 0 Å². The molecule has 0 fully saturated rings. The smallest absolute Gasteiger partial charge is 0.137 e. The number of carbonyl (C=O) groups is 1. The maximum Gasteiger partial charge on any atom is 0.137 e. The molecule has 2 N–H and O–H groups in total. The van der Waals surface area contributed by atoms with Crippen LogP contribution in [0.5, 0.6) is 0 Å². The van der Waals surface area contributed by atoms with Gasteiger partial charge in [0.25, 0.3) is 0 Å². The average molecular weight is 296 g/mol. The maximum absolute atomic E-state index is 13.0. The van der Waals surface area contributed by atoms with E-state index >= 15 is 0 Å². The normalized spacial score (nSPS) is 14.1. The lowest BCUT2D eigenvalue weighted by Gasteiger charge is -2.14. The van der Waals surface area contributed by atoms with Gasteiger partial charge < -0.3 is 10.7 Å². The molecular weight excluding hydrogens is 279 g/mol. The van der Waals surface area contributed by atoms with E-state index in [4.69, 9.17) is 5.41 Å². The number of carbonyl (C=O) groups excluding carboxylic acids is 1. The van der Waals surface area contributed by atoms with Crippen LogP contribution in [-0.4, -0.2) is 12.0 Å². The minimum Gasteiger partial charge on any atom is -0.355 e. The standard InChI is InChI=1S/C18H17FN2O/c19-15-4-6-16(7-5-15)21-18-10-12-2-1-3-17(22)9-13(12)8-14(18)11-20/h4-8,10-11,20-21H,1-3,9H2. The molecule has 0 aliphatic heterocycles. The lowest BCUT2D eigenvalue weighted by molar-refractivity contribution is -0.118. The van der Waals surface area contributed by atoms with Gasteiger partial charge in [-0.15, -0.1) is 0 Å². The number of aryl methyl sites for hydroxylation is 1. The van der Waals surface area contributed by atoms with Gasteiger partial charge in [-0.05, 0) is 60.4 Å². The summed E-state index contributed by atoms with van der Waals surface area (Å²) in [6, 6.07) is 10.1. The Morgan fingerprint density at radius 2 is 1.86 bits per heavy atom. The predicted molar refractivity (Wildman–Crippen MR) is 85.7 cm³/mol. The average Bonchev–Trinajstić information content (AvgIpc) is 2.69. The van der Waals surface area contributed by atoms with E-state index in [1.807, 2.05) is 12.1 Å². The van der Waals surface area contributed by atoms with Crippen molar-refractivity contribution in [1.82, 2.24) is 0 Å². The Hall–Kier alpha value is -2.49. The zero-order valence-corrected chi connectivity index (χ0v) is 12.2. The fourth-order valence-corrected chi connectivity index (χ4v) is 2.80. The highest BCUT2D eigenvalue weighted by molar-refractivity contribution is 5.90. The Morgan fingerprint density at radius 3 is 2.59 bits per heavy atom. The third kappa shape index (κ3) is 3.06. The van der Waals surface area contributed by atoms with Crippen LogP contribution in [0.4, 0.5) is 15.8 Å². The Bertz CT molecular complexity index is 723. The molecule has 0 aromatic heterocycles. The van der Waals surface area contributed by atoms with E-state index in [0.717, 1.165) is 40.9 Å². The SMILES string of the molecule is N=Cc1cc2c(cc1Nc1ccc(F)cc1)CCCC(=O)C2. The second-order valence-electron chi connectivity index (χ2n) is 5.55. The quantitative estimate of drug-likeness (QED) is 0.664. The molecule has 0 atom stereocenters. The second-order valence-corrected chi connectivity index (χ2v) is 5.55. The molecule has 0 saturated carbocycles. The molecule has 4 heteroatoms. The molecule has 1 aliphatic carbocycles. The van der Waals surface area contributed by atoms with Crippen LogP contribution in [0.1, 0.15) is 29.5 Å². The first-order chi connectivity index (χ1) is 10.7. The van der Waals surface area contributed by atoms with E-state index in [0.29, 0.717) is 12.8 Å². The van der Waals surface area contributed by atoms with E-state index in [9.17, 15) is 9.18 Å². The summed E-state index contributed by atoms with van der Waals surface area (Å²) in [6.45, 7) is 0. The van der Waals surface area contributed by atoms with Crippen LogP contribution in [0.2, 0.25) is 0 Å². The van der Waals surface area contributed by atoms with Crippen molar-refractivity contribution in [3.8, 4) is 0 Å². The highest BCUT2D eigenvalue weighted by atomic mass is 19.1. The minimum absolute atomic E-state index is 0.258. The summed E-state index contributed by atoms with van der Waals surface area (Å²) in [7, 11) is 0. The van der Waals surface area contributed by atoms with E-state index in [-0.39, 0.29) is 11.6 Å². The van der Waals surface area contributed by atoms with Gasteiger partial charge in [0, 0.05) is 36.0 Å². The molecule has 112 valence electrons. The Kier molecular flexibility index (Phi) is 4.00. The summed E-state index contributed by atoms with van der Waals surface area (Å²) in [5.41, 5.74) is 4.49. The van der Waals surface area contributed by atoms with E-state index in [1.54, 1.807) is 12.1 Å². The first-order valence-corrected chi connectivity index (χ1v) is 7.36. The van der Waals surface area contributed by atoms with Crippen molar-refractivity contribution in [3.63, 3.8) is 0 Å². The number of ketones is 1. The van der Waals surface area contributed by atoms with Crippen LogP contribution in [0.3, 0.4) is 0 Å². The van der Waals surface area contributed by atoms with Crippen LogP contribution >= 0.6 is 0 Å². The molecule has 0 unspecified atom stereocenters. The van der Waals surface area contributed by atoms with Crippen molar-refractivity contribution in [2.24, 2.45) is 0 Å². The second kappa shape index (κ2) is 6.10. The zero-order valence-electron chi connectivity index (χ0n) is 12.2. The number of hydrogen-bond donors (Lipinski definition) is 2. The van der Waals surface area contributed by atoms with Crippen LogP contribution < -0.4 is 5.32 Å². The van der Waals surface area contributed by atoms with Gasteiger partial charge in [-0.3, -0.25) is 4.79 Å². The van der Waals surface area contributed by atoms with E-state index in [1.165, 1.54) is 18.3 Å². The summed E-state index contributed by atoms with van der Waals surface area (Å²) in [4.78, 5) is 11.7. The lowest BCUT2D eigenvalue weighted by atomic mass is 9.98. The van der Waals surface area contributed by atoms with Crippen molar-refractivity contribution in [2.45, 2.75) is 25.7 Å². The molecule has 3 rings (SSSR count). The number of nitrogens with one attached hydrogen (secondary N) is 2. The van der Waals surface area contributed by atoms with E-state index < -0.39 is 0 Å². The fraction of sp³-hybridized carbons (Fsp3) is 0.222. The molecule has 2 aromatic rings. The Morgan fingerprint density at radius 1 is 1.09 bits per heavy atom. The number of anilines is 2. The first kappa shape index (κ1) is 14.4. The number of Topliss-reactive ketones (excluding diaryl/α,β-unsaturated/α-hetero) is 1. The number of benzene rings is 2. The molecule has 1 aliphatic rings. The molecule has 22 heavy (non-hydrogen) atoms. The van der Waals surface area contributed by atoms with Crippen LogP contribution in [-0.2, 0) is 17.6 Å². The molecular formula is C18H17FN2O. The van der Waals surface area contributed by atoms with Crippen molar-refractivity contribution < 1.29 is 9.18 Å². The number of fused-ring (bicyclic) bond motifs is 1. The molecule has 2 aromatic carbocycles. The molecule has 3 nitrogen and oxygen atoms in total. The fourth-order valence-electron chi connectivity index (χ4n) is 2.80. The van der Waals surface area contributed by atoms with Crippen LogP contribution in [0.25, 0.3) is 0 Å². The topological polar surface area (TPSA) is 53.0 Å². The molecule has 0 heterocycles. The summed E-state index contributed by atoms with van der Waals surface area (Å²) in [6.07, 6.45) is 4.09. The summed E-state index contributed by atoms with van der Waals surface area (Å²) in [5.74, 6) is -0.0211. The predicted octanol–water partition coefficient (Wildman–Crippen LogP) is 4.01. The summed E-state index contributed by atoms with van der Waals surface area (Å²) >= 11 is 0. The third-order valence-electron chi connectivity index (χ3n) is 3.94. The molecule has 0 radical (unpaired) electrons. The highest BCUT2D eigenvalue weighted by Crippen LogP contribution is 2.27. The minimum atomic E-state index is -0.279. The first-order valence-electron chi connectivity index (χ1n) is 7.36. The van der Waals surface area contributed by atoms with Crippen molar-refractivity contribution in [2.75, 3.05) is 5.32 Å². The van der Waals surface area contributed by atoms with Gasteiger partial charge >= 0.3 is 0 Å². The largest absolute Gasteiger partial charge is 0.355 e. The zero-order chi connectivity index (χ0) is 15.5. The highest BCUT2D eigenvalue weighted by Gasteiger charge is 2.16. The molecule has 0 amide bonds. The van der Waals surface area contributed by atoms with Gasteiger partial charge in [-0.25, -0.2) is 4.39 Å².